The van der Waals surface area contributed by atoms with E-state index < -0.39 is 5.97 Å². The molecule has 5 heteroatoms. The summed E-state index contributed by atoms with van der Waals surface area (Å²) in [5.41, 5.74) is 7.44. The van der Waals surface area contributed by atoms with Crippen molar-refractivity contribution >= 4 is 27.6 Å². The van der Waals surface area contributed by atoms with Crippen molar-refractivity contribution in [1.82, 2.24) is 0 Å². The van der Waals surface area contributed by atoms with Gasteiger partial charge in [-0.3, -0.25) is 0 Å². The molecule has 0 spiro atoms. The van der Waals surface area contributed by atoms with Crippen molar-refractivity contribution < 1.29 is 14.3 Å². The van der Waals surface area contributed by atoms with Crippen LogP contribution in [0.15, 0.2) is 46.9 Å². The molecule has 0 unspecified atom stereocenters. The Hall–Kier alpha value is -2.01. The molecule has 0 aliphatic rings. The van der Waals surface area contributed by atoms with Gasteiger partial charge >= 0.3 is 5.97 Å². The molecule has 20 heavy (non-hydrogen) atoms. The number of methoxy groups -OCH3 is 1. The number of para-hydroxylation sites is 1. The minimum absolute atomic E-state index is 0.189. The third-order valence-electron chi connectivity index (χ3n) is 2.80. The molecule has 0 saturated heterocycles. The van der Waals surface area contributed by atoms with E-state index in [0.717, 1.165) is 11.3 Å². The van der Waals surface area contributed by atoms with Crippen molar-refractivity contribution in [2.45, 2.75) is 6.61 Å². The summed E-state index contributed by atoms with van der Waals surface area (Å²) in [5.74, 6) is 0.316. The highest BCUT2D eigenvalue weighted by atomic mass is 79.9. The van der Waals surface area contributed by atoms with Crippen molar-refractivity contribution in [2.75, 3.05) is 12.8 Å². The molecule has 2 aromatic carbocycles. The highest BCUT2D eigenvalue weighted by molar-refractivity contribution is 9.10. The first-order chi connectivity index (χ1) is 9.61. The lowest BCUT2D eigenvalue weighted by molar-refractivity contribution is 0.0474. The smallest absolute Gasteiger partial charge is 0.340 e. The molecule has 0 aliphatic carbocycles. The number of anilines is 1. The van der Waals surface area contributed by atoms with Crippen molar-refractivity contribution in [3.05, 3.63) is 58.1 Å². The van der Waals surface area contributed by atoms with Gasteiger partial charge in [0.25, 0.3) is 0 Å². The number of carbonyl (C=O) groups excluding carboxylic acids is 1. The first-order valence-electron chi connectivity index (χ1n) is 5.96. The Morgan fingerprint density at radius 3 is 2.55 bits per heavy atom. The molecule has 0 bridgehead atoms. The van der Waals surface area contributed by atoms with Crippen LogP contribution in [0.25, 0.3) is 0 Å². The molecule has 0 radical (unpaired) electrons. The molecular formula is C15H14BrNO3. The van der Waals surface area contributed by atoms with Gasteiger partial charge in [0, 0.05) is 4.47 Å². The zero-order valence-electron chi connectivity index (χ0n) is 10.9. The van der Waals surface area contributed by atoms with Crippen LogP contribution >= 0.6 is 15.9 Å². The van der Waals surface area contributed by atoms with Crippen molar-refractivity contribution in [3.8, 4) is 5.75 Å². The first kappa shape index (κ1) is 14.4. The average molecular weight is 336 g/mol. The fourth-order valence-corrected chi connectivity index (χ4v) is 2.03. The van der Waals surface area contributed by atoms with Crippen LogP contribution in [0.4, 0.5) is 5.69 Å². The van der Waals surface area contributed by atoms with Gasteiger partial charge in [0.15, 0.2) is 0 Å². The third kappa shape index (κ3) is 3.30. The van der Waals surface area contributed by atoms with E-state index >= 15 is 0 Å². The normalized spacial score (nSPS) is 10.1. The number of rotatable bonds is 4. The predicted octanol–water partition coefficient (Wildman–Crippen LogP) is 3.40. The lowest BCUT2D eigenvalue weighted by Gasteiger charge is -2.08. The molecule has 4 nitrogen and oxygen atoms in total. The van der Waals surface area contributed by atoms with E-state index in [9.17, 15) is 4.79 Å². The van der Waals surface area contributed by atoms with Gasteiger partial charge in [-0.1, -0.05) is 18.2 Å². The number of hydrogen-bond donors (Lipinski definition) is 1. The van der Waals surface area contributed by atoms with Gasteiger partial charge in [-0.2, -0.15) is 0 Å². The summed E-state index contributed by atoms with van der Waals surface area (Å²) in [6.07, 6.45) is 0. The molecule has 2 aromatic rings. The van der Waals surface area contributed by atoms with Crippen molar-refractivity contribution in [1.29, 1.82) is 0 Å². The standard InChI is InChI=1S/C15H14BrNO3/c1-19-11-7-5-10(6-8-11)9-20-15(18)12-3-2-4-13(16)14(12)17/h2-8H,9,17H2,1H3. The van der Waals surface area contributed by atoms with E-state index in [-0.39, 0.29) is 6.61 Å². The topological polar surface area (TPSA) is 61.5 Å². The van der Waals surface area contributed by atoms with E-state index in [1.54, 1.807) is 25.3 Å². The molecule has 0 fully saturated rings. The highest BCUT2D eigenvalue weighted by Crippen LogP contribution is 2.24. The molecule has 0 heterocycles. The van der Waals surface area contributed by atoms with Gasteiger partial charge in [0.05, 0.1) is 18.4 Å². The molecule has 0 amide bonds. The Morgan fingerprint density at radius 2 is 1.90 bits per heavy atom. The van der Waals surface area contributed by atoms with Crippen LogP contribution in [-0.2, 0) is 11.3 Å². The zero-order valence-corrected chi connectivity index (χ0v) is 12.5. The van der Waals surface area contributed by atoms with Crippen LogP contribution < -0.4 is 10.5 Å². The lowest BCUT2D eigenvalue weighted by Crippen LogP contribution is -2.08. The van der Waals surface area contributed by atoms with Crippen LogP contribution in [0.2, 0.25) is 0 Å². The lowest BCUT2D eigenvalue weighted by atomic mass is 10.2. The molecule has 0 atom stereocenters. The van der Waals surface area contributed by atoms with Gasteiger partial charge in [-0.15, -0.1) is 0 Å². The van der Waals surface area contributed by atoms with E-state index in [4.69, 9.17) is 15.2 Å². The summed E-state index contributed by atoms with van der Waals surface area (Å²) in [7, 11) is 1.60. The first-order valence-corrected chi connectivity index (χ1v) is 6.75. The largest absolute Gasteiger partial charge is 0.497 e. The van der Waals surface area contributed by atoms with Gasteiger partial charge < -0.3 is 15.2 Å². The minimum Gasteiger partial charge on any atom is -0.497 e. The Bertz CT molecular complexity index is 611. The number of halogens is 1. The number of nitrogens with two attached hydrogens (primary N) is 1. The fourth-order valence-electron chi connectivity index (χ4n) is 1.66. The number of hydrogen-bond acceptors (Lipinski definition) is 4. The van der Waals surface area contributed by atoms with Gasteiger partial charge in [0.2, 0.25) is 0 Å². The average Bonchev–Trinajstić information content (AvgIpc) is 2.48. The molecule has 2 N–H and O–H groups in total. The number of carbonyl (C=O) groups is 1. The number of ether oxygens (including phenoxy) is 2. The zero-order chi connectivity index (χ0) is 14.5. The maximum atomic E-state index is 12.0. The van der Waals surface area contributed by atoms with E-state index in [1.165, 1.54) is 0 Å². The second-order valence-corrected chi connectivity index (χ2v) is 4.98. The van der Waals surface area contributed by atoms with Crippen LogP contribution in [0.1, 0.15) is 15.9 Å². The van der Waals surface area contributed by atoms with Crippen LogP contribution in [-0.4, -0.2) is 13.1 Å². The highest BCUT2D eigenvalue weighted by Gasteiger charge is 2.12. The predicted molar refractivity (Wildman–Crippen MR) is 80.7 cm³/mol. The summed E-state index contributed by atoms with van der Waals surface area (Å²) in [6.45, 7) is 0.189. The molecule has 104 valence electrons. The molecule has 0 saturated carbocycles. The molecular weight excluding hydrogens is 322 g/mol. The number of esters is 1. The van der Waals surface area contributed by atoms with Crippen LogP contribution in [0, 0.1) is 0 Å². The summed E-state index contributed by atoms with van der Waals surface area (Å²) in [4.78, 5) is 12.0. The number of benzene rings is 2. The fraction of sp³-hybridized carbons (Fsp3) is 0.133. The van der Waals surface area contributed by atoms with Crippen molar-refractivity contribution in [2.24, 2.45) is 0 Å². The van der Waals surface area contributed by atoms with Crippen molar-refractivity contribution in [3.63, 3.8) is 0 Å². The van der Waals surface area contributed by atoms with Gasteiger partial charge in [-0.25, -0.2) is 4.79 Å². The van der Waals surface area contributed by atoms with Crippen LogP contribution in [0.3, 0.4) is 0 Å². The quantitative estimate of drug-likeness (QED) is 0.687. The monoisotopic (exact) mass is 335 g/mol. The number of nitrogen functional groups attached to an aromatic ring is 1. The molecule has 0 aliphatic heterocycles. The Kier molecular flexibility index (Phi) is 4.63. The summed E-state index contributed by atoms with van der Waals surface area (Å²) in [6, 6.07) is 12.5. The maximum Gasteiger partial charge on any atom is 0.340 e. The Labute approximate surface area is 125 Å². The summed E-state index contributed by atoms with van der Waals surface area (Å²) < 4.78 is 11.0. The summed E-state index contributed by atoms with van der Waals surface area (Å²) in [5, 5.41) is 0. The molecule has 2 rings (SSSR count). The Balaban J connectivity index is 2.02. The van der Waals surface area contributed by atoms with Gasteiger partial charge in [0.1, 0.15) is 12.4 Å². The second-order valence-electron chi connectivity index (χ2n) is 4.13. The second kappa shape index (κ2) is 6.43. The molecule has 0 aromatic heterocycles. The van der Waals surface area contributed by atoms with E-state index in [2.05, 4.69) is 15.9 Å². The van der Waals surface area contributed by atoms with E-state index in [1.807, 2.05) is 24.3 Å². The maximum absolute atomic E-state index is 12.0. The van der Waals surface area contributed by atoms with Crippen LogP contribution in [0.5, 0.6) is 5.75 Å². The van der Waals surface area contributed by atoms with Gasteiger partial charge in [-0.05, 0) is 45.8 Å². The summed E-state index contributed by atoms with van der Waals surface area (Å²) >= 11 is 3.28. The SMILES string of the molecule is COc1ccc(COC(=O)c2cccc(Br)c2N)cc1. The Morgan fingerprint density at radius 1 is 1.20 bits per heavy atom. The minimum atomic E-state index is -0.445. The van der Waals surface area contributed by atoms with E-state index in [0.29, 0.717) is 15.7 Å². The third-order valence-corrected chi connectivity index (χ3v) is 3.49.